The van der Waals surface area contributed by atoms with E-state index < -0.39 is 0 Å². The molecule has 0 unspecified atom stereocenters. The van der Waals surface area contributed by atoms with E-state index in [0.717, 1.165) is 36.8 Å². The number of ketones is 1. The predicted octanol–water partition coefficient (Wildman–Crippen LogP) is 2.74. The summed E-state index contributed by atoms with van der Waals surface area (Å²) in [6.07, 6.45) is 1.92. The zero-order valence-corrected chi connectivity index (χ0v) is 17.0. The van der Waals surface area contributed by atoms with Gasteiger partial charge in [0.05, 0.1) is 0 Å². The second kappa shape index (κ2) is 8.78. The molecule has 1 aliphatic heterocycles. The third-order valence-electron chi connectivity index (χ3n) is 4.39. The second-order valence-corrected chi connectivity index (χ2v) is 10.2. The molecule has 24 heavy (non-hydrogen) atoms. The van der Waals surface area contributed by atoms with Crippen LogP contribution in [0, 0.1) is 5.92 Å². The number of likely N-dealkylation sites (tertiary alicyclic amines) is 1. The van der Waals surface area contributed by atoms with E-state index in [2.05, 4.69) is 50.8 Å². The molecule has 0 saturated carbocycles. The van der Waals surface area contributed by atoms with Crippen molar-refractivity contribution >= 4 is 39.8 Å². The van der Waals surface area contributed by atoms with Gasteiger partial charge in [-0.15, -0.1) is 0 Å². The van der Waals surface area contributed by atoms with Crippen LogP contribution in [-0.4, -0.2) is 57.7 Å². The number of rotatable bonds is 6. The van der Waals surface area contributed by atoms with Gasteiger partial charge >= 0.3 is 158 Å². The topological polar surface area (TPSA) is 20.3 Å². The number of Topliss-reactive ketones (excluding diaryl/α,β-unsaturated/α-hetero) is 1. The Bertz CT molecular complexity index is 679. The van der Waals surface area contributed by atoms with Gasteiger partial charge in [-0.3, -0.25) is 0 Å². The molecule has 0 N–H and O–H groups in total. The molecule has 0 atom stereocenters. The summed E-state index contributed by atoms with van der Waals surface area (Å²) in [4.78, 5) is 15.0. The van der Waals surface area contributed by atoms with Gasteiger partial charge in [-0.1, -0.05) is 0 Å². The first-order chi connectivity index (χ1) is 11.7. The number of hydrogen-bond donors (Lipinski definition) is 0. The van der Waals surface area contributed by atoms with E-state index in [1.54, 1.807) is 0 Å². The van der Waals surface area contributed by atoms with E-state index in [9.17, 15) is 4.79 Å². The Balaban J connectivity index is 1.48. The molecule has 1 heterocycles. The van der Waals surface area contributed by atoms with E-state index in [0.29, 0.717) is 20.7 Å². The molecule has 0 radical (unpaired) electrons. The first-order valence-corrected chi connectivity index (χ1v) is 11.2. The number of carbonyl (C=O) groups excluding carboxylic acids is 1. The van der Waals surface area contributed by atoms with Crippen LogP contribution >= 0.6 is 0 Å². The van der Waals surface area contributed by atoms with Crippen molar-refractivity contribution in [3.05, 3.63) is 71.8 Å². The SMILES string of the molecule is O=C(c1ccccc1)C1CCN(C(=[Se])[Se]Cc2ccccc2)CC1. The van der Waals surface area contributed by atoms with E-state index in [4.69, 9.17) is 0 Å². The number of carbonyl (C=O) groups is 1. The molecule has 2 aromatic carbocycles. The molecule has 1 aliphatic rings. The fourth-order valence-electron chi connectivity index (χ4n) is 2.97. The van der Waals surface area contributed by atoms with Crippen molar-refractivity contribution in [1.82, 2.24) is 4.90 Å². The van der Waals surface area contributed by atoms with Crippen LogP contribution in [-0.2, 0) is 5.32 Å². The summed E-state index contributed by atoms with van der Waals surface area (Å²) < 4.78 is 1.39. The quantitative estimate of drug-likeness (QED) is 0.500. The van der Waals surface area contributed by atoms with Crippen LogP contribution in [0.5, 0.6) is 0 Å². The summed E-state index contributed by atoms with van der Waals surface area (Å²) in [5, 5.41) is 1.12. The van der Waals surface area contributed by atoms with Crippen molar-refractivity contribution in [2.45, 2.75) is 18.2 Å². The Labute approximate surface area is 158 Å². The number of nitrogens with zero attached hydrogens (tertiary/aromatic N) is 1. The molecule has 2 nitrogen and oxygen atoms in total. The van der Waals surface area contributed by atoms with Gasteiger partial charge in [-0.25, -0.2) is 0 Å². The van der Waals surface area contributed by atoms with Gasteiger partial charge in [0, 0.05) is 0 Å². The Morgan fingerprint density at radius 1 is 1.00 bits per heavy atom. The van der Waals surface area contributed by atoms with Crippen LogP contribution in [0.1, 0.15) is 28.8 Å². The third kappa shape index (κ3) is 4.68. The average Bonchev–Trinajstić information content (AvgIpc) is 2.67. The van der Waals surface area contributed by atoms with E-state index in [-0.39, 0.29) is 5.92 Å². The number of benzene rings is 2. The summed E-state index contributed by atoms with van der Waals surface area (Å²) in [5.41, 5.74) is 2.26. The van der Waals surface area contributed by atoms with Gasteiger partial charge in [-0.2, -0.15) is 0 Å². The van der Waals surface area contributed by atoms with Gasteiger partial charge in [-0.05, 0) is 0 Å². The Morgan fingerprint density at radius 3 is 2.21 bits per heavy atom. The fourth-order valence-corrected chi connectivity index (χ4v) is 5.78. The Hall–Kier alpha value is -1.18. The predicted molar refractivity (Wildman–Crippen MR) is 102 cm³/mol. The van der Waals surface area contributed by atoms with Crippen LogP contribution in [0.15, 0.2) is 60.7 Å². The van der Waals surface area contributed by atoms with Crippen molar-refractivity contribution in [3.8, 4) is 0 Å². The summed E-state index contributed by atoms with van der Waals surface area (Å²) >= 11 is 3.72. The minimum atomic E-state index is 0.179. The summed E-state index contributed by atoms with van der Waals surface area (Å²) in [6.45, 7) is 1.98. The number of piperidine rings is 1. The third-order valence-corrected chi connectivity index (χ3v) is 8.28. The van der Waals surface area contributed by atoms with E-state index >= 15 is 0 Å². The molecule has 0 aliphatic carbocycles. The second-order valence-electron chi connectivity index (χ2n) is 6.03. The summed E-state index contributed by atoms with van der Waals surface area (Å²) in [5.74, 6) is 0.491. The van der Waals surface area contributed by atoms with Crippen molar-refractivity contribution < 1.29 is 4.79 Å². The molecular formula is C20H21NOSe2. The van der Waals surface area contributed by atoms with Crippen LogP contribution in [0.2, 0.25) is 0 Å². The van der Waals surface area contributed by atoms with Gasteiger partial charge in [0.15, 0.2) is 0 Å². The van der Waals surface area contributed by atoms with Crippen LogP contribution < -0.4 is 0 Å². The maximum atomic E-state index is 12.6. The van der Waals surface area contributed by atoms with Gasteiger partial charge in [0.1, 0.15) is 0 Å². The monoisotopic (exact) mass is 451 g/mol. The van der Waals surface area contributed by atoms with Crippen molar-refractivity contribution in [3.63, 3.8) is 0 Å². The van der Waals surface area contributed by atoms with Crippen LogP contribution in [0.4, 0.5) is 0 Å². The average molecular weight is 449 g/mol. The first kappa shape index (κ1) is 17.6. The van der Waals surface area contributed by atoms with Gasteiger partial charge < -0.3 is 0 Å². The normalized spacial score (nSPS) is 15.2. The standard InChI is InChI=1S/C20H21NOSe2/c22-19(17-9-5-2-6-10-17)18-11-13-21(14-12-18)20(23)24-15-16-7-3-1-4-8-16/h1-10,18H,11-15H2. The first-order valence-electron chi connectivity index (χ1n) is 8.29. The molecule has 0 amide bonds. The molecule has 1 saturated heterocycles. The molecule has 2 aromatic rings. The zero-order chi connectivity index (χ0) is 16.8. The van der Waals surface area contributed by atoms with Gasteiger partial charge in [0.25, 0.3) is 0 Å². The zero-order valence-electron chi connectivity index (χ0n) is 13.6. The number of hydrogen-bond acceptors (Lipinski definition) is 2. The summed E-state index contributed by atoms with van der Waals surface area (Å²) in [6, 6.07) is 20.4. The van der Waals surface area contributed by atoms with Crippen molar-refractivity contribution in [2.75, 3.05) is 13.1 Å². The molecule has 4 heteroatoms. The van der Waals surface area contributed by atoms with Crippen molar-refractivity contribution in [2.24, 2.45) is 5.92 Å². The van der Waals surface area contributed by atoms with Gasteiger partial charge in [0.2, 0.25) is 0 Å². The molecule has 1 fully saturated rings. The molecule has 0 aromatic heterocycles. The molecule has 0 spiro atoms. The van der Waals surface area contributed by atoms with Crippen molar-refractivity contribution in [1.29, 1.82) is 0 Å². The molecule has 124 valence electrons. The Morgan fingerprint density at radius 2 is 1.58 bits per heavy atom. The van der Waals surface area contributed by atoms with E-state index in [1.807, 2.05) is 30.3 Å². The fraction of sp³-hybridized carbons (Fsp3) is 0.300. The van der Waals surface area contributed by atoms with E-state index in [1.165, 1.54) is 9.00 Å². The molecule has 0 bridgehead atoms. The maximum absolute atomic E-state index is 12.6. The minimum absolute atomic E-state index is 0.179. The van der Waals surface area contributed by atoms with Crippen LogP contribution in [0.25, 0.3) is 0 Å². The summed E-state index contributed by atoms with van der Waals surface area (Å²) in [7, 11) is 0. The molecule has 3 rings (SSSR count). The van der Waals surface area contributed by atoms with Crippen LogP contribution in [0.3, 0.4) is 0 Å². The Kier molecular flexibility index (Phi) is 6.45. The molecular weight excluding hydrogens is 428 g/mol.